The number of carbonyl (C=O) groups excluding carboxylic acids is 3. The van der Waals surface area contributed by atoms with Gasteiger partial charge in [0.15, 0.2) is 0 Å². The molecule has 1 atom stereocenters. The SMILES string of the molecule is COC(=O)C1=C(C(=O)OC)N(c2cccc(NC(=O)NCC(C)OC34CC5CC(CC(C5)C3)C4)c2)C=CC=C1. The first-order valence-corrected chi connectivity index (χ1v) is 13.7. The highest BCUT2D eigenvalue weighted by Crippen LogP contribution is 2.57. The summed E-state index contributed by atoms with van der Waals surface area (Å²) in [6.07, 6.45) is 13.9. The summed E-state index contributed by atoms with van der Waals surface area (Å²) >= 11 is 0. The third kappa shape index (κ3) is 5.88. The lowest BCUT2D eigenvalue weighted by Gasteiger charge is -2.57. The first-order valence-electron chi connectivity index (χ1n) is 13.7. The summed E-state index contributed by atoms with van der Waals surface area (Å²) < 4.78 is 16.4. The normalized spacial score (nSPS) is 27.7. The molecular weight excluding hydrogens is 498 g/mol. The predicted molar refractivity (Wildman–Crippen MR) is 147 cm³/mol. The number of amides is 2. The number of esters is 2. The fraction of sp³-hybridized carbons (Fsp3) is 0.500. The highest BCUT2D eigenvalue weighted by Gasteiger charge is 2.52. The van der Waals surface area contributed by atoms with Crippen molar-refractivity contribution in [3.63, 3.8) is 0 Å². The molecule has 39 heavy (non-hydrogen) atoms. The Labute approximate surface area is 229 Å². The first kappa shape index (κ1) is 27.0. The van der Waals surface area contributed by atoms with Crippen LogP contribution in [-0.4, -0.2) is 50.4 Å². The van der Waals surface area contributed by atoms with Crippen LogP contribution in [0.4, 0.5) is 16.2 Å². The van der Waals surface area contributed by atoms with Crippen molar-refractivity contribution in [1.29, 1.82) is 0 Å². The van der Waals surface area contributed by atoms with Gasteiger partial charge in [-0.2, -0.15) is 0 Å². The van der Waals surface area contributed by atoms with Gasteiger partial charge in [-0.25, -0.2) is 14.4 Å². The van der Waals surface area contributed by atoms with Gasteiger partial charge in [0.1, 0.15) is 5.70 Å². The zero-order valence-electron chi connectivity index (χ0n) is 22.8. The fourth-order valence-corrected chi connectivity index (χ4v) is 7.15. The van der Waals surface area contributed by atoms with E-state index in [1.54, 1.807) is 42.6 Å². The number of methoxy groups -OCH3 is 2. The number of benzene rings is 1. The monoisotopic (exact) mass is 535 g/mol. The lowest BCUT2D eigenvalue weighted by Crippen LogP contribution is -2.54. The smallest absolute Gasteiger partial charge is 0.355 e. The highest BCUT2D eigenvalue weighted by molar-refractivity contribution is 6.05. The van der Waals surface area contributed by atoms with Crippen molar-refractivity contribution < 1.29 is 28.6 Å². The zero-order chi connectivity index (χ0) is 27.6. The lowest BCUT2D eigenvalue weighted by molar-refractivity contribution is -0.182. The molecule has 2 amide bonds. The minimum Gasteiger partial charge on any atom is -0.465 e. The molecule has 4 fully saturated rings. The van der Waals surface area contributed by atoms with Crippen LogP contribution in [0.2, 0.25) is 0 Å². The van der Waals surface area contributed by atoms with Crippen LogP contribution in [0.1, 0.15) is 45.4 Å². The van der Waals surface area contributed by atoms with Gasteiger partial charge < -0.3 is 29.7 Å². The standard InChI is InChI=1S/C30H37N3O6/c1-19(39-30-15-20-11-21(16-30)13-22(12-20)17-30)18-31-29(36)32-23-7-6-8-24(14-23)33-10-5-4-9-25(27(34)37-2)26(33)28(35)38-3/h4-10,14,19-22H,11-13,15-18H2,1-3H3,(H2,31,32,36). The van der Waals surface area contributed by atoms with Crippen molar-refractivity contribution in [3.05, 3.63) is 60.0 Å². The van der Waals surface area contributed by atoms with E-state index in [-0.39, 0.29) is 29.0 Å². The van der Waals surface area contributed by atoms with Gasteiger partial charge in [-0.15, -0.1) is 0 Å². The number of hydrogen-bond donors (Lipinski definition) is 2. The minimum absolute atomic E-state index is 0.00611. The van der Waals surface area contributed by atoms with Gasteiger partial charge in [0.2, 0.25) is 0 Å². The molecule has 0 spiro atoms. The summed E-state index contributed by atoms with van der Waals surface area (Å²) in [6, 6.07) is 6.63. The molecule has 9 nitrogen and oxygen atoms in total. The van der Waals surface area contributed by atoms with E-state index in [1.165, 1.54) is 44.5 Å². The van der Waals surface area contributed by atoms with Crippen LogP contribution in [0.5, 0.6) is 0 Å². The van der Waals surface area contributed by atoms with Gasteiger partial charge in [0.25, 0.3) is 0 Å². The molecule has 6 rings (SSSR count). The fourth-order valence-electron chi connectivity index (χ4n) is 7.15. The molecule has 0 saturated heterocycles. The van der Waals surface area contributed by atoms with Crippen LogP contribution in [0.15, 0.2) is 60.0 Å². The number of carbonyl (C=O) groups is 3. The van der Waals surface area contributed by atoms with Crippen LogP contribution in [0.25, 0.3) is 0 Å². The van der Waals surface area contributed by atoms with E-state index in [2.05, 4.69) is 10.6 Å². The largest absolute Gasteiger partial charge is 0.465 e. The van der Waals surface area contributed by atoms with Gasteiger partial charge >= 0.3 is 18.0 Å². The minimum atomic E-state index is -0.698. The van der Waals surface area contributed by atoms with E-state index in [1.807, 2.05) is 6.92 Å². The number of nitrogens with zero attached hydrogens (tertiary/aromatic N) is 1. The van der Waals surface area contributed by atoms with Crippen LogP contribution < -0.4 is 15.5 Å². The van der Waals surface area contributed by atoms with E-state index in [0.29, 0.717) is 17.9 Å². The number of rotatable bonds is 8. The van der Waals surface area contributed by atoms with Gasteiger partial charge in [0.05, 0.1) is 31.5 Å². The van der Waals surface area contributed by atoms with Crippen LogP contribution >= 0.6 is 0 Å². The molecule has 208 valence electrons. The second-order valence-corrected chi connectivity index (χ2v) is 11.2. The van der Waals surface area contributed by atoms with Crippen molar-refractivity contribution in [2.24, 2.45) is 17.8 Å². The summed E-state index contributed by atoms with van der Waals surface area (Å²) in [5.74, 6) is 1.05. The van der Waals surface area contributed by atoms with Gasteiger partial charge in [-0.05, 0) is 93.6 Å². The Morgan fingerprint density at radius 3 is 2.31 bits per heavy atom. The average Bonchev–Trinajstić information content (AvgIpc) is 3.13. The number of allylic oxidation sites excluding steroid dienone is 2. The number of ether oxygens (including phenoxy) is 3. The second kappa shape index (κ2) is 11.3. The Morgan fingerprint density at radius 2 is 1.67 bits per heavy atom. The molecule has 1 aliphatic heterocycles. The van der Waals surface area contributed by atoms with Crippen LogP contribution in [-0.2, 0) is 23.8 Å². The van der Waals surface area contributed by atoms with E-state index in [4.69, 9.17) is 14.2 Å². The van der Waals surface area contributed by atoms with Crippen LogP contribution in [0.3, 0.4) is 0 Å². The van der Waals surface area contributed by atoms with Crippen molar-refractivity contribution in [2.75, 3.05) is 31.0 Å². The summed E-state index contributed by atoms with van der Waals surface area (Å²) in [4.78, 5) is 39.4. The highest BCUT2D eigenvalue weighted by atomic mass is 16.5. The summed E-state index contributed by atoms with van der Waals surface area (Å²) in [5.41, 5.74) is 1.12. The van der Waals surface area contributed by atoms with E-state index in [0.717, 1.165) is 37.0 Å². The molecule has 1 aromatic rings. The van der Waals surface area contributed by atoms with Crippen molar-refractivity contribution in [2.45, 2.75) is 57.2 Å². The molecule has 4 saturated carbocycles. The molecule has 1 aromatic carbocycles. The van der Waals surface area contributed by atoms with Crippen LogP contribution in [0, 0.1) is 17.8 Å². The third-order valence-electron chi connectivity index (χ3n) is 8.25. The topological polar surface area (TPSA) is 106 Å². The predicted octanol–water partition coefficient (Wildman–Crippen LogP) is 4.67. The van der Waals surface area contributed by atoms with Gasteiger partial charge in [0, 0.05) is 24.1 Å². The molecule has 0 aromatic heterocycles. The molecular formula is C30H37N3O6. The Bertz CT molecular complexity index is 1180. The zero-order valence-corrected chi connectivity index (χ0v) is 22.8. The Balaban J connectivity index is 1.22. The average molecular weight is 536 g/mol. The molecule has 2 N–H and O–H groups in total. The summed E-state index contributed by atoms with van der Waals surface area (Å²) in [6.45, 7) is 2.43. The third-order valence-corrected chi connectivity index (χ3v) is 8.25. The van der Waals surface area contributed by atoms with Crippen molar-refractivity contribution in [1.82, 2.24) is 5.32 Å². The molecule has 1 unspecified atom stereocenters. The van der Waals surface area contributed by atoms with E-state index >= 15 is 0 Å². The summed E-state index contributed by atoms with van der Waals surface area (Å²) in [7, 11) is 2.50. The Hall–Kier alpha value is -3.59. The number of nitrogens with one attached hydrogen (secondary N) is 2. The lowest BCUT2D eigenvalue weighted by atomic mass is 9.54. The number of anilines is 2. The molecule has 9 heteroatoms. The second-order valence-electron chi connectivity index (χ2n) is 11.2. The van der Waals surface area contributed by atoms with Gasteiger partial charge in [-0.1, -0.05) is 12.1 Å². The maximum atomic E-state index is 12.8. The van der Waals surface area contributed by atoms with Crippen molar-refractivity contribution >= 4 is 29.3 Å². The number of hydrogen-bond acceptors (Lipinski definition) is 7. The molecule has 0 radical (unpaired) electrons. The Morgan fingerprint density at radius 1 is 1.00 bits per heavy atom. The maximum Gasteiger partial charge on any atom is 0.355 e. The first-order chi connectivity index (χ1) is 18.8. The molecule has 4 aliphatic carbocycles. The van der Waals surface area contributed by atoms with Gasteiger partial charge in [-0.3, -0.25) is 0 Å². The molecule has 1 heterocycles. The van der Waals surface area contributed by atoms with Crippen molar-refractivity contribution in [3.8, 4) is 0 Å². The molecule has 4 bridgehead atoms. The summed E-state index contributed by atoms with van der Waals surface area (Å²) in [5, 5.41) is 5.79. The maximum absolute atomic E-state index is 12.8. The number of urea groups is 1. The van der Waals surface area contributed by atoms with E-state index in [9.17, 15) is 14.4 Å². The molecule has 5 aliphatic rings. The Kier molecular flexibility index (Phi) is 7.79. The van der Waals surface area contributed by atoms with E-state index < -0.39 is 11.9 Å². The quantitative estimate of drug-likeness (QED) is 0.466.